The van der Waals surface area contributed by atoms with Crippen molar-refractivity contribution in [2.75, 3.05) is 13.2 Å². The van der Waals surface area contributed by atoms with Crippen LogP contribution in [0, 0.1) is 5.92 Å². The van der Waals surface area contributed by atoms with E-state index in [-0.39, 0.29) is 5.92 Å². The fourth-order valence-electron chi connectivity index (χ4n) is 2.99. The molecule has 0 aromatic rings. The Morgan fingerprint density at radius 1 is 1.29 bits per heavy atom. The van der Waals surface area contributed by atoms with Gasteiger partial charge in [0.05, 0.1) is 12.7 Å². The number of nitrogens with zero attached hydrogens (tertiary/aromatic N) is 1. The van der Waals surface area contributed by atoms with E-state index in [1.807, 2.05) is 34.6 Å². The fraction of sp³-hybridized carbons (Fsp3) is 1.00. The molecule has 101 valence electrons. The van der Waals surface area contributed by atoms with Gasteiger partial charge in [-0.2, -0.15) is 0 Å². The molecule has 1 rings (SSSR count). The lowest BCUT2D eigenvalue weighted by atomic mass is 9.73. The fourth-order valence-corrected chi connectivity index (χ4v) is 2.99. The number of rotatable bonds is 4. The zero-order valence-corrected chi connectivity index (χ0v) is 11.7. The van der Waals surface area contributed by atoms with Crippen molar-refractivity contribution in [2.45, 2.75) is 64.6 Å². The summed E-state index contributed by atoms with van der Waals surface area (Å²) in [4.78, 5) is 0. The molecule has 0 spiro atoms. The molecule has 1 radical (unpaired) electrons. The predicted octanol–water partition coefficient (Wildman–Crippen LogP) is 2.00. The average Bonchev–Trinajstić information content (AvgIpc) is 2.21. The van der Waals surface area contributed by atoms with Crippen LogP contribution in [0.3, 0.4) is 0 Å². The van der Waals surface area contributed by atoms with Gasteiger partial charge in [-0.3, -0.25) is 0 Å². The maximum absolute atomic E-state index is 12.2. The summed E-state index contributed by atoms with van der Waals surface area (Å²) in [6, 6.07) is 0. The maximum Gasteiger partial charge on any atom is 0.0803 e. The molecular formula is C13H26NO3. The van der Waals surface area contributed by atoms with E-state index in [9.17, 15) is 10.3 Å². The second-order valence-corrected chi connectivity index (χ2v) is 6.31. The summed E-state index contributed by atoms with van der Waals surface area (Å²) in [5.41, 5.74) is -0.834. The standard InChI is InChI=1S/C13H26NO3/c1-6-17-9-11(15)10-7-12(2,3)14(16)13(4,5)8-10/h10-11,15H,6-9H2,1-5H3. The Morgan fingerprint density at radius 2 is 1.76 bits per heavy atom. The van der Waals surface area contributed by atoms with Crippen LogP contribution in [0.2, 0.25) is 0 Å². The van der Waals surface area contributed by atoms with Gasteiger partial charge < -0.3 is 9.84 Å². The Labute approximate surface area is 105 Å². The van der Waals surface area contributed by atoms with E-state index in [0.717, 1.165) is 0 Å². The van der Waals surface area contributed by atoms with E-state index in [2.05, 4.69) is 0 Å². The summed E-state index contributed by atoms with van der Waals surface area (Å²) in [6.07, 6.45) is 0.963. The Kier molecular flexibility index (Phi) is 4.58. The van der Waals surface area contributed by atoms with Gasteiger partial charge >= 0.3 is 0 Å². The summed E-state index contributed by atoms with van der Waals surface area (Å²) in [7, 11) is 0. The van der Waals surface area contributed by atoms with Gasteiger partial charge in [-0.1, -0.05) is 0 Å². The van der Waals surface area contributed by atoms with Gasteiger partial charge in [-0.05, 0) is 53.4 Å². The van der Waals surface area contributed by atoms with E-state index in [1.165, 1.54) is 5.06 Å². The summed E-state index contributed by atoms with van der Waals surface area (Å²) < 4.78 is 5.27. The minimum Gasteiger partial charge on any atom is -0.390 e. The first kappa shape index (κ1) is 14.9. The van der Waals surface area contributed by atoms with Gasteiger partial charge in [-0.25, -0.2) is 0 Å². The Bertz CT molecular complexity index is 235. The first-order chi connectivity index (χ1) is 7.70. The van der Waals surface area contributed by atoms with Crippen LogP contribution in [0.25, 0.3) is 0 Å². The first-order valence-electron chi connectivity index (χ1n) is 6.44. The van der Waals surface area contributed by atoms with Crippen LogP contribution in [-0.4, -0.2) is 40.6 Å². The van der Waals surface area contributed by atoms with Crippen molar-refractivity contribution < 1.29 is 15.1 Å². The summed E-state index contributed by atoms with van der Waals surface area (Å²) in [5, 5.41) is 23.4. The number of hydrogen-bond acceptors (Lipinski definition) is 3. The minimum absolute atomic E-state index is 0.136. The first-order valence-corrected chi connectivity index (χ1v) is 6.44. The number of hydroxylamine groups is 2. The Balaban J connectivity index is 2.70. The van der Waals surface area contributed by atoms with Crippen LogP contribution in [0.4, 0.5) is 0 Å². The molecule has 17 heavy (non-hydrogen) atoms. The van der Waals surface area contributed by atoms with Crippen molar-refractivity contribution in [3.05, 3.63) is 0 Å². The van der Waals surface area contributed by atoms with Gasteiger partial charge in [0, 0.05) is 17.7 Å². The van der Waals surface area contributed by atoms with Gasteiger partial charge in [0.25, 0.3) is 0 Å². The van der Waals surface area contributed by atoms with Crippen LogP contribution >= 0.6 is 0 Å². The molecule has 1 saturated heterocycles. The normalized spacial score (nSPS) is 27.0. The molecular weight excluding hydrogens is 218 g/mol. The van der Waals surface area contributed by atoms with Gasteiger partial charge in [0.1, 0.15) is 0 Å². The molecule has 0 aliphatic carbocycles. The van der Waals surface area contributed by atoms with Crippen molar-refractivity contribution in [3.63, 3.8) is 0 Å². The van der Waals surface area contributed by atoms with Crippen LogP contribution in [0.5, 0.6) is 0 Å². The molecule has 0 amide bonds. The van der Waals surface area contributed by atoms with Crippen LogP contribution in [0.1, 0.15) is 47.5 Å². The molecule has 1 N–H and O–H groups in total. The molecule has 1 aliphatic heterocycles. The zero-order chi connectivity index (χ0) is 13.3. The SMILES string of the molecule is CCOCC(O)C1CC(C)(C)N([O])C(C)(C)C1. The maximum atomic E-state index is 12.2. The molecule has 4 nitrogen and oxygen atoms in total. The molecule has 1 unspecified atom stereocenters. The number of aliphatic hydroxyl groups excluding tert-OH is 1. The van der Waals surface area contributed by atoms with Crippen molar-refractivity contribution in [1.82, 2.24) is 5.06 Å². The van der Waals surface area contributed by atoms with E-state index < -0.39 is 17.2 Å². The number of aliphatic hydroxyl groups is 1. The summed E-state index contributed by atoms with van der Waals surface area (Å²) >= 11 is 0. The smallest absolute Gasteiger partial charge is 0.0803 e. The molecule has 1 aliphatic rings. The number of ether oxygens (including phenoxy) is 1. The highest BCUT2D eigenvalue weighted by Gasteiger charge is 2.47. The Hall–Kier alpha value is -0.160. The summed E-state index contributed by atoms with van der Waals surface area (Å²) in [5.74, 6) is 0.136. The lowest BCUT2D eigenvalue weighted by molar-refractivity contribution is -0.298. The second kappa shape index (κ2) is 5.22. The third-order valence-corrected chi connectivity index (χ3v) is 3.66. The molecule has 0 aromatic heterocycles. The molecule has 0 bridgehead atoms. The van der Waals surface area contributed by atoms with Crippen molar-refractivity contribution >= 4 is 0 Å². The molecule has 1 atom stereocenters. The van der Waals surface area contributed by atoms with E-state index in [1.54, 1.807) is 0 Å². The molecule has 0 aromatic carbocycles. The van der Waals surface area contributed by atoms with Crippen molar-refractivity contribution in [1.29, 1.82) is 0 Å². The minimum atomic E-state index is -0.470. The highest BCUT2D eigenvalue weighted by Crippen LogP contribution is 2.41. The Morgan fingerprint density at radius 3 is 2.18 bits per heavy atom. The van der Waals surface area contributed by atoms with Crippen molar-refractivity contribution in [3.8, 4) is 0 Å². The van der Waals surface area contributed by atoms with Gasteiger partial charge in [-0.15, -0.1) is 10.3 Å². The number of piperidine rings is 1. The van der Waals surface area contributed by atoms with Crippen LogP contribution < -0.4 is 0 Å². The largest absolute Gasteiger partial charge is 0.390 e. The number of hydrogen-bond donors (Lipinski definition) is 1. The highest BCUT2D eigenvalue weighted by atomic mass is 16.5. The van der Waals surface area contributed by atoms with E-state index in [4.69, 9.17) is 4.74 Å². The topological polar surface area (TPSA) is 52.6 Å². The monoisotopic (exact) mass is 244 g/mol. The van der Waals surface area contributed by atoms with E-state index >= 15 is 0 Å². The molecule has 1 fully saturated rings. The quantitative estimate of drug-likeness (QED) is 0.823. The highest BCUT2D eigenvalue weighted by molar-refractivity contribution is 4.97. The third kappa shape index (κ3) is 3.41. The van der Waals surface area contributed by atoms with Crippen molar-refractivity contribution in [2.24, 2.45) is 5.92 Å². The van der Waals surface area contributed by atoms with Gasteiger partial charge in [0.15, 0.2) is 0 Å². The zero-order valence-electron chi connectivity index (χ0n) is 11.7. The molecule has 1 heterocycles. The average molecular weight is 244 g/mol. The van der Waals surface area contributed by atoms with E-state index in [0.29, 0.717) is 26.1 Å². The predicted molar refractivity (Wildman–Crippen MR) is 65.9 cm³/mol. The second-order valence-electron chi connectivity index (χ2n) is 6.31. The molecule has 0 saturated carbocycles. The van der Waals surface area contributed by atoms with Gasteiger partial charge in [0.2, 0.25) is 0 Å². The third-order valence-electron chi connectivity index (χ3n) is 3.66. The van der Waals surface area contributed by atoms with Crippen LogP contribution in [-0.2, 0) is 9.94 Å². The lowest BCUT2D eigenvalue weighted by Gasteiger charge is -2.50. The lowest BCUT2D eigenvalue weighted by Crippen LogP contribution is -2.59. The molecule has 4 heteroatoms. The summed E-state index contributed by atoms with van der Waals surface area (Å²) in [6.45, 7) is 10.7. The van der Waals surface area contributed by atoms with Crippen LogP contribution in [0.15, 0.2) is 0 Å².